The quantitative estimate of drug-likeness (QED) is 0.548. The maximum atomic E-state index is 10.8. The number of aldehydes is 1. The lowest BCUT2D eigenvalue weighted by molar-refractivity contribution is 0.112. The minimum atomic E-state index is 0.627. The van der Waals surface area contributed by atoms with Gasteiger partial charge in [-0.3, -0.25) is 4.79 Å². The van der Waals surface area contributed by atoms with Gasteiger partial charge in [0.2, 0.25) is 0 Å². The molecule has 0 atom stereocenters. The SMILES string of the molecule is O=Cc1cc2ccoc2c2occc12. The Hall–Kier alpha value is -2.03. The molecule has 3 aromatic rings. The minimum Gasteiger partial charge on any atom is -0.460 e. The van der Waals surface area contributed by atoms with Gasteiger partial charge >= 0.3 is 0 Å². The molecule has 14 heavy (non-hydrogen) atoms. The van der Waals surface area contributed by atoms with E-state index in [2.05, 4.69) is 0 Å². The summed E-state index contributed by atoms with van der Waals surface area (Å²) in [5.74, 6) is 0. The van der Waals surface area contributed by atoms with Gasteiger partial charge in [0.1, 0.15) is 0 Å². The number of hydrogen-bond donors (Lipinski definition) is 0. The molecule has 0 spiro atoms. The summed E-state index contributed by atoms with van der Waals surface area (Å²) in [7, 11) is 0. The van der Waals surface area contributed by atoms with Crippen molar-refractivity contribution >= 4 is 28.2 Å². The fourth-order valence-corrected chi connectivity index (χ4v) is 1.67. The fraction of sp³-hybridized carbons (Fsp3) is 0. The summed E-state index contributed by atoms with van der Waals surface area (Å²) < 4.78 is 10.6. The number of rotatable bonds is 1. The first kappa shape index (κ1) is 7.38. The van der Waals surface area contributed by atoms with Crippen LogP contribution in [0, 0.1) is 0 Å². The van der Waals surface area contributed by atoms with Gasteiger partial charge in [-0.15, -0.1) is 0 Å². The molecular weight excluding hydrogens is 180 g/mol. The van der Waals surface area contributed by atoms with Gasteiger partial charge in [-0.05, 0) is 18.2 Å². The standard InChI is InChI=1S/C11H6O3/c12-6-8-5-7-1-3-13-10(7)11-9(8)2-4-14-11/h1-6H. The Morgan fingerprint density at radius 1 is 1.07 bits per heavy atom. The van der Waals surface area contributed by atoms with E-state index in [1.807, 2.05) is 6.07 Å². The topological polar surface area (TPSA) is 43.4 Å². The Balaban J connectivity index is 2.65. The second-order valence-corrected chi connectivity index (χ2v) is 3.09. The Labute approximate surface area is 78.9 Å². The van der Waals surface area contributed by atoms with Crippen LogP contribution in [0.4, 0.5) is 0 Å². The molecule has 2 heterocycles. The first-order chi connectivity index (χ1) is 6.90. The lowest BCUT2D eigenvalue weighted by Gasteiger charge is -1.94. The minimum absolute atomic E-state index is 0.627. The van der Waals surface area contributed by atoms with E-state index in [0.29, 0.717) is 16.7 Å². The Morgan fingerprint density at radius 2 is 1.86 bits per heavy atom. The van der Waals surface area contributed by atoms with Crippen LogP contribution in [0.2, 0.25) is 0 Å². The normalized spacial score (nSPS) is 11.1. The third-order valence-corrected chi connectivity index (χ3v) is 2.32. The molecule has 3 rings (SSSR count). The molecule has 1 aromatic carbocycles. The van der Waals surface area contributed by atoms with Crippen LogP contribution in [-0.4, -0.2) is 6.29 Å². The third kappa shape index (κ3) is 0.785. The lowest BCUT2D eigenvalue weighted by Crippen LogP contribution is -1.80. The van der Waals surface area contributed by atoms with Crippen molar-refractivity contribution in [1.29, 1.82) is 0 Å². The second-order valence-electron chi connectivity index (χ2n) is 3.09. The van der Waals surface area contributed by atoms with Crippen LogP contribution in [0.15, 0.2) is 39.6 Å². The number of hydrogen-bond acceptors (Lipinski definition) is 3. The molecule has 3 nitrogen and oxygen atoms in total. The average molecular weight is 186 g/mol. The molecular formula is C11H6O3. The highest BCUT2D eigenvalue weighted by Gasteiger charge is 2.10. The summed E-state index contributed by atoms with van der Waals surface area (Å²) in [6.07, 6.45) is 3.96. The van der Waals surface area contributed by atoms with E-state index < -0.39 is 0 Å². The van der Waals surface area contributed by atoms with Crippen molar-refractivity contribution in [2.24, 2.45) is 0 Å². The van der Waals surface area contributed by atoms with Crippen LogP contribution in [0.3, 0.4) is 0 Å². The van der Waals surface area contributed by atoms with Crippen LogP contribution in [0.25, 0.3) is 21.9 Å². The van der Waals surface area contributed by atoms with Crippen LogP contribution < -0.4 is 0 Å². The largest absolute Gasteiger partial charge is 0.460 e. The number of furan rings is 2. The molecule has 0 amide bonds. The van der Waals surface area contributed by atoms with E-state index >= 15 is 0 Å². The average Bonchev–Trinajstić information content (AvgIpc) is 2.83. The number of fused-ring (bicyclic) bond motifs is 3. The zero-order valence-electron chi connectivity index (χ0n) is 7.19. The van der Waals surface area contributed by atoms with E-state index in [4.69, 9.17) is 8.83 Å². The van der Waals surface area contributed by atoms with Crippen molar-refractivity contribution in [3.63, 3.8) is 0 Å². The molecule has 0 aliphatic rings. The fourth-order valence-electron chi connectivity index (χ4n) is 1.67. The van der Waals surface area contributed by atoms with Crippen LogP contribution >= 0.6 is 0 Å². The van der Waals surface area contributed by atoms with Crippen LogP contribution in [0.1, 0.15) is 10.4 Å². The zero-order chi connectivity index (χ0) is 9.54. The molecule has 0 unspecified atom stereocenters. The highest BCUT2D eigenvalue weighted by molar-refractivity contribution is 6.08. The molecule has 68 valence electrons. The molecule has 0 fully saturated rings. The zero-order valence-corrected chi connectivity index (χ0v) is 7.19. The number of carbonyl (C=O) groups excluding carboxylic acids is 1. The Bertz CT molecular complexity index is 616. The number of carbonyl (C=O) groups is 1. The van der Waals surface area contributed by atoms with E-state index in [-0.39, 0.29) is 0 Å². The van der Waals surface area contributed by atoms with Gasteiger partial charge in [-0.2, -0.15) is 0 Å². The summed E-state index contributed by atoms with van der Waals surface area (Å²) in [4.78, 5) is 10.8. The van der Waals surface area contributed by atoms with E-state index in [1.165, 1.54) is 0 Å². The Kier molecular flexibility index (Phi) is 1.31. The number of benzene rings is 1. The summed E-state index contributed by atoms with van der Waals surface area (Å²) >= 11 is 0. The first-order valence-corrected chi connectivity index (χ1v) is 4.23. The van der Waals surface area contributed by atoms with Gasteiger partial charge in [0.25, 0.3) is 0 Å². The smallest absolute Gasteiger partial charge is 0.177 e. The molecule has 0 N–H and O–H groups in total. The van der Waals surface area contributed by atoms with Crippen LogP contribution in [-0.2, 0) is 0 Å². The van der Waals surface area contributed by atoms with E-state index in [9.17, 15) is 4.79 Å². The van der Waals surface area contributed by atoms with Gasteiger partial charge in [-0.25, -0.2) is 0 Å². The van der Waals surface area contributed by atoms with Crippen molar-refractivity contribution in [2.75, 3.05) is 0 Å². The van der Waals surface area contributed by atoms with Gasteiger partial charge in [0.05, 0.1) is 12.5 Å². The summed E-state index contributed by atoms with van der Waals surface area (Å²) in [6.45, 7) is 0. The van der Waals surface area contributed by atoms with Crippen molar-refractivity contribution in [3.05, 3.63) is 36.3 Å². The van der Waals surface area contributed by atoms with Crippen molar-refractivity contribution in [1.82, 2.24) is 0 Å². The third-order valence-electron chi connectivity index (χ3n) is 2.32. The molecule has 3 heteroatoms. The first-order valence-electron chi connectivity index (χ1n) is 4.23. The predicted octanol–water partition coefficient (Wildman–Crippen LogP) is 2.99. The maximum Gasteiger partial charge on any atom is 0.177 e. The Morgan fingerprint density at radius 3 is 2.71 bits per heavy atom. The van der Waals surface area contributed by atoms with Crippen molar-refractivity contribution in [3.8, 4) is 0 Å². The summed E-state index contributed by atoms with van der Waals surface area (Å²) in [5.41, 5.74) is 1.95. The maximum absolute atomic E-state index is 10.8. The van der Waals surface area contributed by atoms with Gasteiger partial charge in [0.15, 0.2) is 17.5 Å². The highest BCUT2D eigenvalue weighted by atomic mass is 16.4. The molecule has 0 saturated carbocycles. The molecule has 0 aliphatic heterocycles. The van der Waals surface area contributed by atoms with Gasteiger partial charge in [0, 0.05) is 16.3 Å². The second kappa shape index (κ2) is 2.48. The monoisotopic (exact) mass is 186 g/mol. The van der Waals surface area contributed by atoms with E-state index in [0.717, 1.165) is 17.1 Å². The van der Waals surface area contributed by atoms with Crippen molar-refractivity contribution < 1.29 is 13.6 Å². The highest BCUT2D eigenvalue weighted by Crippen LogP contribution is 2.29. The van der Waals surface area contributed by atoms with Gasteiger partial charge in [-0.1, -0.05) is 0 Å². The lowest BCUT2D eigenvalue weighted by atomic mass is 10.1. The van der Waals surface area contributed by atoms with E-state index in [1.54, 1.807) is 24.7 Å². The molecule has 0 bridgehead atoms. The van der Waals surface area contributed by atoms with Crippen LogP contribution in [0.5, 0.6) is 0 Å². The molecule has 0 radical (unpaired) electrons. The predicted molar refractivity (Wildman–Crippen MR) is 51.4 cm³/mol. The summed E-state index contributed by atoms with van der Waals surface area (Å²) in [5, 5.41) is 1.68. The molecule has 0 saturated heterocycles. The molecule has 2 aromatic heterocycles. The van der Waals surface area contributed by atoms with Crippen molar-refractivity contribution in [2.45, 2.75) is 0 Å². The van der Waals surface area contributed by atoms with Gasteiger partial charge < -0.3 is 8.83 Å². The summed E-state index contributed by atoms with van der Waals surface area (Å²) in [6, 6.07) is 5.37. The molecule has 0 aliphatic carbocycles.